The summed E-state index contributed by atoms with van der Waals surface area (Å²) in [7, 11) is -3.43. The maximum atomic E-state index is 12.7. The molecule has 2 atom stereocenters. The number of aryl methyl sites for hydroxylation is 1. The lowest BCUT2D eigenvalue weighted by atomic mass is 10.4. The maximum absolute atomic E-state index is 12.7. The Labute approximate surface area is 122 Å². The average Bonchev–Trinajstić information content (AvgIpc) is 2.70. The Morgan fingerprint density at radius 2 is 1.95 bits per heavy atom. The van der Waals surface area contributed by atoms with Gasteiger partial charge in [0, 0.05) is 33.3 Å². The van der Waals surface area contributed by atoms with E-state index in [4.69, 9.17) is 5.11 Å². The smallest absolute Gasteiger partial charge is 0.244 e. The molecule has 0 saturated carbocycles. The quantitative estimate of drug-likeness (QED) is 0.926. The number of nitrogens with zero attached hydrogens (tertiary/aromatic N) is 1. The summed E-state index contributed by atoms with van der Waals surface area (Å²) in [5, 5.41) is 9.76. The molecule has 1 aromatic heterocycles. The lowest BCUT2D eigenvalue weighted by Gasteiger charge is -2.33. The van der Waals surface area contributed by atoms with Crippen LogP contribution < -0.4 is 0 Å². The van der Waals surface area contributed by atoms with Gasteiger partial charge in [0.1, 0.15) is 0 Å². The van der Waals surface area contributed by atoms with E-state index < -0.39 is 10.0 Å². The predicted molar refractivity (Wildman–Crippen MR) is 80.3 cm³/mol. The number of thiophene rings is 1. The van der Waals surface area contributed by atoms with Gasteiger partial charge in [0.25, 0.3) is 0 Å². The normalized spacial score (nSPS) is 25.7. The number of hydrogen-bond acceptors (Lipinski definition) is 5. The molecule has 2 unspecified atom stereocenters. The van der Waals surface area contributed by atoms with Gasteiger partial charge in [-0.3, -0.25) is 0 Å². The number of hydrogen-bond donors (Lipinski definition) is 1. The Kier molecular flexibility index (Phi) is 4.62. The minimum atomic E-state index is -3.43. The SMILES string of the molecule is Cc1sc(CO)cc1S(=O)(=O)N1CC(C)SC(C)C1. The first kappa shape index (κ1) is 15.3. The first-order valence-electron chi connectivity index (χ1n) is 6.20. The van der Waals surface area contributed by atoms with Crippen molar-refractivity contribution in [2.75, 3.05) is 13.1 Å². The van der Waals surface area contributed by atoms with Crippen LogP contribution in [0.1, 0.15) is 23.6 Å². The molecule has 1 aromatic rings. The molecule has 108 valence electrons. The fraction of sp³-hybridized carbons (Fsp3) is 0.667. The zero-order valence-corrected chi connectivity index (χ0v) is 13.7. The molecule has 19 heavy (non-hydrogen) atoms. The summed E-state index contributed by atoms with van der Waals surface area (Å²) in [6.07, 6.45) is 0. The van der Waals surface area contributed by atoms with Gasteiger partial charge in [-0.05, 0) is 13.0 Å². The average molecular weight is 321 g/mol. The Morgan fingerprint density at radius 1 is 1.37 bits per heavy atom. The number of aliphatic hydroxyl groups excluding tert-OH is 1. The third-order valence-electron chi connectivity index (χ3n) is 3.08. The highest BCUT2D eigenvalue weighted by molar-refractivity contribution is 8.00. The van der Waals surface area contributed by atoms with Gasteiger partial charge in [0.2, 0.25) is 10.0 Å². The van der Waals surface area contributed by atoms with E-state index in [2.05, 4.69) is 13.8 Å². The topological polar surface area (TPSA) is 57.6 Å². The van der Waals surface area contributed by atoms with Crippen molar-refractivity contribution in [2.45, 2.75) is 42.8 Å². The standard InChI is InChI=1S/C12H19NO3S3/c1-8-5-13(6-9(2)17-8)19(15,16)12-4-11(7-14)18-10(12)3/h4,8-9,14H,5-7H2,1-3H3. The molecule has 1 N–H and O–H groups in total. The molecule has 0 bridgehead atoms. The molecule has 0 aromatic carbocycles. The van der Waals surface area contributed by atoms with Crippen LogP contribution in [0.5, 0.6) is 0 Å². The minimum absolute atomic E-state index is 0.107. The third kappa shape index (κ3) is 3.16. The minimum Gasteiger partial charge on any atom is -0.391 e. The van der Waals surface area contributed by atoms with Crippen LogP contribution >= 0.6 is 23.1 Å². The molecule has 1 saturated heterocycles. The van der Waals surface area contributed by atoms with Gasteiger partial charge in [-0.2, -0.15) is 16.1 Å². The van der Waals surface area contributed by atoms with Crippen LogP contribution in [0, 0.1) is 6.92 Å². The van der Waals surface area contributed by atoms with E-state index in [1.54, 1.807) is 17.3 Å². The van der Waals surface area contributed by atoms with E-state index in [0.29, 0.717) is 33.4 Å². The molecule has 0 amide bonds. The van der Waals surface area contributed by atoms with Crippen molar-refractivity contribution in [1.82, 2.24) is 4.31 Å². The van der Waals surface area contributed by atoms with Crippen LogP contribution in [0.3, 0.4) is 0 Å². The highest BCUT2D eigenvalue weighted by Gasteiger charge is 2.33. The summed E-state index contributed by atoms with van der Waals surface area (Å²) in [6, 6.07) is 1.60. The van der Waals surface area contributed by atoms with Crippen LogP contribution in [-0.4, -0.2) is 41.4 Å². The van der Waals surface area contributed by atoms with Gasteiger partial charge in [-0.1, -0.05) is 13.8 Å². The zero-order valence-electron chi connectivity index (χ0n) is 11.3. The van der Waals surface area contributed by atoms with E-state index in [1.807, 2.05) is 11.8 Å². The van der Waals surface area contributed by atoms with Crippen molar-refractivity contribution >= 4 is 33.1 Å². The summed E-state index contributed by atoms with van der Waals surface area (Å²) in [5.74, 6) is 0. The van der Waals surface area contributed by atoms with Crippen LogP contribution in [-0.2, 0) is 16.6 Å². The molecule has 0 radical (unpaired) electrons. The molecule has 1 aliphatic heterocycles. The van der Waals surface area contributed by atoms with Gasteiger partial charge in [0.05, 0.1) is 11.5 Å². The van der Waals surface area contributed by atoms with Crippen LogP contribution in [0.4, 0.5) is 0 Å². The second-order valence-electron chi connectivity index (χ2n) is 4.87. The van der Waals surface area contributed by atoms with Gasteiger partial charge >= 0.3 is 0 Å². The summed E-state index contributed by atoms with van der Waals surface area (Å²) < 4.78 is 26.9. The molecule has 4 nitrogen and oxygen atoms in total. The molecule has 2 rings (SSSR count). The van der Waals surface area contributed by atoms with Crippen molar-refractivity contribution in [1.29, 1.82) is 0 Å². The van der Waals surface area contributed by atoms with E-state index in [0.717, 1.165) is 4.88 Å². The second kappa shape index (κ2) is 5.73. The van der Waals surface area contributed by atoms with Gasteiger partial charge < -0.3 is 5.11 Å². The Morgan fingerprint density at radius 3 is 2.42 bits per heavy atom. The number of sulfonamides is 1. The monoisotopic (exact) mass is 321 g/mol. The summed E-state index contributed by atoms with van der Waals surface area (Å²) in [6.45, 7) is 6.92. The summed E-state index contributed by atoms with van der Waals surface area (Å²) >= 11 is 3.17. The van der Waals surface area contributed by atoms with Gasteiger partial charge in [-0.15, -0.1) is 11.3 Å². The molecule has 0 aliphatic carbocycles. The fourth-order valence-corrected chi connectivity index (χ4v) is 6.92. The molecular weight excluding hydrogens is 302 g/mol. The highest BCUT2D eigenvalue weighted by atomic mass is 32.2. The van der Waals surface area contributed by atoms with E-state index in [9.17, 15) is 8.42 Å². The summed E-state index contributed by atoms with van der Waals surface area (Å²) in [5.41, 5.74) is 0. The van der Waals surface area contributed by atoms with Gasteiger partial charge in [-0.25, -0.2) is 8.42 Å². The molecule has 1 aliphatic rings. The maximum Gasteiger partial charge on any atom is 0.244 e. The Hall–Kier alpha value is -0.0800. The molecule has 1 fully saturated rings. The van der Waals surface area contributed by atoms with Crippen LogP contribution in [0.25, 0.3) is 0 Å². The fourth-order valence-electron chi connectivity index (χ4n) is 2.32. The number of rotatable bonds is 3. The van der Waals surface area contributed by atoms with Gasteiger partial charge in [0.15, 0.2) is 0 Å². The Balaban J connectivity index is 2.33. The summed E-state index contributed by atoms with van der Waals surface area (Å²) in [4.78, 5) is 1.80. The number of aliphatic hydroxyl groups is 1. The predicted octanol–water partition coefficient (Wildman–Crippen LogP) is 2.06. The lowest BCUT2D eigenvalue weighted by molar-refractivity contribution is 0.285. The highest BCUT2D eigenvalue weighted by Crippen LogP contribution is 2.32. The van der Waals surface area contributed by atoms with Crippen molar-refractivity contribution < 1.29 is 13.5 Å². The van der Waals surface area contributed by atoms with Crippen LogP contribution in [0.2, 0.25) is 0 Å². The molecule has 2 heterocycles. The molecule has 0 spiro atoms. The lowest BCUT2D eigenvalue weighted by Crippen LogP contribution is -2.43. The number of thioether (sulfide) groups is 1. The second-order valence-corrected chi connectivity index (χ2v) is 10.00. The van der Waals surface area contributed by atoms with Crippen molar-refractivity contribution in [2.24, 2.45) is 0 Å². The largest absolute Gasteiger partial charge is 0.391 e. The van der Waals surface area contributed by atoms with E-state index in [1.165, 1.54) is 11.3 Å². The first-order valence-corrected chi connectivity index (χ1v) is 9.40. The van der Waals surface area contributed by atoms with Crippen LogP contribution in [0.15, 0.2) is 11.0 Å². The van der Waals surface area contributed by atoms with Crippen molar-refractivity contribution in [3.8, 4) is 0 Å². The van der Waals surface area contributed by atoms with E-state index >= 15 is 0 Å². The van der Waals surface area contributed by atoms with E-state index in [-0.39, 0.29) is 6.61 Å². The molecular formula is C12H19NO3S3. The van der Waals surface area contributed by atoms with Crippen molar-refractivity contribution in [3.05, 3.63) is 15.8 Å². The van der Waals surface area contributed by atoms with Crippen molar-refractivity contribution in [3.63, 3.8) is 0 Å². The zero-order chi connectivity index (χ0) is 14.2. The third-order valence-corrected chi connectivity index (χ3v) is 7.43. The first-order chi connectivity index (χ1) is 8.84. The molecule has 7 heteroatoms. The Bertz CT molecular complexity index is 543.